The first-order chi connectivity index (χ1) is 11.0. The van der Waals surface area contributed by atoms with E-state index < -0.39 is 5.54 Å². The molecule has 0 aliphatic carbocycles. The molecule has 1 spiro atoms. The van der Waals surface area contributed by atoms with E-state index in [1.165, 1.54) is 0 Å². The van der Waals surface area contributed by atoms with E-state index in [1.54, 1.807) is 15.9 Å². The highest BCUT2D eigenvalue weighted by Gasteiger charge is 2.53. The van der Waals surface area contributed by atoms with Crippen molar-refractivity contribution in [3.63, 3.8) is 0 Å². The second-order valence-corrected chi connectivity index (χ2v) is 6.41. The number of amides is 2. The Bertz CT molecular complexity index is 640. The van der Waals surface area contributed by atoms with Gasteiger partial charge >= 0.3 is 0 Å². The van der Waals surface area contributed by atoms with Gasteiger partial charge in [0.2, 0.25) is 5.91 Å². The molecule has 7 nitrogen and oxygen atoms in total. The highest BCUT2D eigenvalue weighted by molar-refractivity contribution is 5.95. The third-order valence-corrected chi connectivity index (χ3v) is 4.86. The quantitative estimate of drug-likeness (QED) is 0.812. The first-order valence-corrected chi connectivity index (χ1v) is 7.91. The lowest BCUT2D eigenvalue weighted by Crippen LogP contribution is -2.66. The largest absolute Gasteiger partial charge is 0.343 e. The number of piperazine rings is 1. The number of likely N-dealkylation sites (N-methyl/N-ethyl adjacent to an activating group) is 1. The molecule has 2 fully saturated rings. The van der Waals surface area contributed by atoms with Crippen LogP contribution in [0.4, 0.5) is 0 Å². The van der Waals surface area contributed by atoms with Gasteiger partial charge in [0, 0.05) is 45.5 Å². The van der Waals surface area contributed by atoms with Crippen LogP contribution in [-0.2, 0) is 4.79 Å². The van der Waals surface area contributed by atoms with Crippen LogP contribution in [0.2, 0.25) is 0 Å². The van der Waals surface area contributed by atoms with Crippen molar-refractivity contribution < 1.29 is 9.59 Å². The zero-order valence-electron chi connectivity index (χ0n) is 13.7. The number of hydrogen-bond acceptors (Lipinski definition) is 4. The topological polar surface area (TPSA) is 72.5 Å². The molecule has 124 valence electrons. The van der Waals surface area contributed by atoms with Crippen LogP contribution in [0, 0.1) is 6.92 Å². The zero-order valence-corrected chi connectivity index (χ0v) is 13.7. The van der Waals surface area contributed by atoms with Gasteiger partial charge in [-0.25, -0.2) is 0 Å². The van der Waals surface area contributed by atoms with Gasteiger partial charge in [-0.05, 0) is 19.4 Å². The minimum absolute atomic E-state index is 0.0964. The summed E-state index contributed by atoms with van der Waals surface area (Å²) in [5, 5.41) is 6.83. The lowest BCUT2D eigenvalue weighted by Gasteiger charge is -2.46. The number of likely N-dealkylation sites (tertiary alicyclic amines) is 1. The highest BCUT2D eigenvalue weighted by Crippen LogP contribution is 2.33. The van der Waals surface area contributed by atoms with Crippen molar-refractivity contribution in [3.05, 3.63) is 30.1 Å². The molecule has 2 aliphatic heterocycles. The van der Waals surface area contributed by atoms with Gasteiger partial charge in [0.25, 0.3) is 5.91 Å². The summed E-state index contributed by atoms with van der Waals surface area (Å²) in [6.45, 7) is 8.81. The molecule has 1 atom stereocenters. The number of nitrogens with one attached hydrogen (secondary N) is 1. The number of carbonyl (C=O) groups excluding carboxylic acids is 2. The van der Waals surface area contributed by atoms with E-state index in [0.717, 1.165) is 12.2 Å². The molecular formula is C16H23N5O2. The van der Waals surface area contributed by atoms with Gasteiger partial charge in [0.1, 0.15) is 11.2 Å². The summed E-state index contributed by atoms with van der Waals surface area (Å²) in [7, 11) is 1.83. The van der Waals surface area contributed by atoms with Crippen LogP contribution in [0.3, 0.4) is 0 Å². The molecule has 1 aromatic rings. The third-order valence-electron chi connectivity index (χ3n) is 4.86. The maximum atomic E-state index is 12.8. The number of aromatic nitrogens is 2. The summed E-state index contributed by atoms with van der Waals surface area (Å²) >= 11 is 0. The highest BCUT2D eigenvalue weighted by atomic mass is 16.2. The van der Waals surface area contributed by atoms with Gasteiger partial charge in [-0.1, -0.05) is 6.08 Å². The monoisotopic (exact) mass is 317 g/mol. The molecule has 0 bridgehead atoms. The van der Waals surface area contributed by atoms with Crippen molar-refractivity contribution in [2.24, 2.45) is 0 Å². The summed E-state index contributed by atoms with van der Waals surface area (Å²) in [5.41, 5.74) is 0.637. The van der Waals surface area contributed by atoms with Crippen LogP contribution in [0.1, 0.15) is 22.6 Å². The van der Waals surface area contributed by atoms with Crippen molar-refractivity contribution in [3.8, 4) is 0 Å². The summed E-state index contributed by atoms with van der Waals surface area (Å²) in [5.74, 6) is -0.0232. The van der Waals surface area contributed by atoms with Gasteiger partial charge < -0.3 is 9.80 Å². The Morgan fingerprint density at radius 2 is 2.26 bits per heavy atom. The predicted molar refractivity (Wildman–Crippen MR) is 86.0 cm³/mol. The van der Waals surface area contributed by atoms with E-state index in [2.05, 4.69) is 21.7 Å². The molecule has 23 heavy (non-hydrogen) atoms. The Morgan fingerprint density at radius 1 is 1.48 bits per heavy atom. The minimum atomic E-state index is -0.623. The first kappa shape index (κ1) is 15.7. The Kier molecular flexibility index (Phi) is 3.97. The van der Waals surface area contributed by atoms with E-state index in [1.807, 2.05) is 20.0 Å². The zero-order chi connectivity index (χ0) is 16.6. The van der Waals surface area contributed by atoms with Crippen LogP contribution in [-0.4, -0.2) is 82.0 Å². The molecule has 0 unspecified atom stereocenters. The average molecular weight is 317 g/mol. The lowest BCUT2D eigenvalue weighted by molar-refractivity contribution is -0.148. The van der Waals surface area contributed by atoms with Crippen molar-refractivity contribution >= 4 is 11.8 Å². The number of aromatic amines is 1. The molecule has 3 rings (SSSR count). The molecule has 2 saturated heterocycles. The van der Waals surface area contributed by atoms with E-state index >= 15 is 0 Å². The number of H-pyrrole nitrogens is 1. The molecule has 1 aromatic heterocycles. The van der Waals surface area contributed by atoms with Gasteiger partial charge in [0.15, 0.2) is 0 Å². The Morgan fingerprint density at radius 3 is 2.91 bits per heavy atom. The smallest absolute Gasteiger partial charge is 0.274 e. The van der Waals surface area contributed by atoms with E-state index in [0.29, 0.717) is 38.3 Å². The standard InChI is InChI=1S/C16H23N5O2/c1-4-6-21-9-8-19(3)15(23)16(21)5-7-20(11-16)14(22)13-10-12(2)17-18-13/h4,10H,1,5-9,11H2,2-3H3,(H,17,18)/t16-/m1/s1. The van der Waals surface area contributed by atoms with Gasteiger partial charge in [-0.3, -0.25) is 19.6 Å². The second kappa shape index (κ2) is 5.81. The van der Waals surface area contributed by atoms with Crippen molar-refractivity contribution in [1.82, 2.24) is 24.9 Å². The van der Waals surface area contributed by atoms with E-state index in [9.17, 15) is 9.59 Å². The summed E-state index contributed by atoms with van der Waals surface area (Å²) in [6, 6.07) is 1.74. The number of carbonyl (C=O) groups is 2. The van der Waals surface area contributed by atoms with Gasteiger partial charge in [-0.2, -0.15) is 5.10 Å². The van der Waals surface area contributed by atoms with Crippen LogP contribution in [0.25, 0.3) is 0 Å². The van der Waals surface area contributed by atoms with Gasteiger partial charge in [-0.15, -0.1) is 6.58 Å². The SMILES string of the molecule is C=CCN1CCN(C)C(=O)[C@]12CCN(C(=O)c1cc(C)[nH]n1)C2. The first-order valence-electron chi connectivity index (χ1n) is 7.91. The molecular weight excluding hydrogens is 294 g/mol. The van der Waals surface area contributed by atoms with Crippen molar-refractivity contribution in [2.45, 2.75) is 18.9 Å². The normalized spacial score (nSPS) is 25.4. The molecule has 2 amide bonds. The Hall–Kier alpha value is -2.15. The fourth-order valence-electron chi connectivity index (χ4n) is 3.59. The number of hydrogen-bond donors (Lipinski definition) is 1. The van der Waals surface area contributed by atoms with E-state index in [4.69, 9.17) is 0 Å². The number of rotatable bonds is 3. The van der Waals surface area contributed by atoms with Crippen molar-refractivity contribution in [2.75, 3.05) is 39.8 Å². The molecule has 7 heteroatoms. The Balaban J connectivity index is 1.83. The summed E-state index contributed by atoms with van der Waals surface area (Å²) < 4.78 is 0. The average Bonchev–Trinajstić information content (AvgIpc) is 3.15. The predicted octanol–water partition coefficient (Wildman–Crippen LogP) is 0.263. The summed E-state index contributed by atoms with van der Waals surface area (Å²) in [4.78, 5) is 31.1. The Labute approximate surface area is 135 Å². The number of nitrogens with zero attached hydrogens (tertiary/aromatic N) is 4. The maximum absolute atomic E-state index is 12.8. The second-order valence-electron chi connectivity index (χ2n) is 6.41. The molecule has 0 aromatic carbocycles. The van der Waals surface area contributed by atoms with E-state index in [-0.39, 0.29) is 11.8 Å². The van der Waals surface area contributed by atoms with Crippen LogP contribution < -0.4 is 0 Å². The molecule has 3 heterocycles. The number of aryl methyl sites for hydroxylation is 1. The molecule has 1 N–H and O–H groups in total. The minimum Gasteiger partial charge on any atom is -0.343 e. The lowest BCUT2D eigenvalue weighted by atomic mass is 9.91. The van der Waals surface area contributed by atoms with Crippen LogP contribution in [0.5, 0.6) is 0 Å². The summed E-state index contributed by atoms with van der Waals surface area (Å²) in [6.07, 6.45) is 2.47. The van der Waals surface area contributed by atoms with Crippen LogP contribution >= 0.6 is 0 Å². The fourth-order valence-corrected chi connectivity index (χ4v) is 3.59. The van der Waals surface area contributed by atoms with Crippen LogP contribution in [0.15, 0.2) is 18.7 Å². The molecule has 2 aliphatic rings. The molecule has 0 radical (unpaired) electrons. The fraction of sp³-hybridized carbons (Fsp3) is 0.562. The van der Waals surface area contributed by atoms with Gasteiger partial charge in [0.05, 0.1) is 0 Å². The maximum Gasteiger partial charge on any atom is 0.274 e. The molecule has 0 saturated carbocycles. The third kappa shape index (κ3) is 2.55. The van der Waals surface area contributed by atoms with Crippen molar-refractivity contribution in [1.29, 1.82) is 0 Å².